The molecule has 0 saturated heterocycles. The van der Waals surface area contributed by atoms with Gasteiger partial charge in [0.15, 0.2) is 11.0 Å². The van der Waals surface area contributed by atoms with Gasteiger partial charge in [0.1, 0.15) is 5.75 Å². The highest BCUT2D eigenvalue weighted by Crippen LogP contribution is 2.29. The Morgan fingerprint density at radius 2 is 1.94 bits per heavy atom. The zero-order valence-electron chi connectivity index (χ0n) is 18.2. The molecule has 6 nitrogen and oxygen atoms in total. The molecule has 3 aromatic rings. The number of nitrogens with zero attached hydrogens (tertiary/aromatic N) is 3. The standard InChI is InChI=1S/C23H26F2N4O2S/c1-4-18(17-11-6-7-12-19(17)31-22(24)25)26-20(30)14-32-23-28-27-21(29(23)5-2)16-10-8-9-15(3)13-16/h6-13,18,22H,4-5,14H2,1-3H3,(H,26,30). The van der Waals surface area contributed by atoms with Gasteiger partial charge in [0, 0.05) is 17.7 Å². The maximum atomic E-state index is 12.7. The summed E-state index contributed by atoms with van der Waals surface area (Å²) in [7, 11) is 0. The molecule has 1 atom stereocenters. The molecule has 1 unspecified atom stereocenters. The van der Waals surface area contributed by atoms with Crippen LogP contribution in [0, 0.1) is 6.92 Å². The number of aromatic nitrogens is 3. The molecule has 0 bridgehead atoms. The summed E-state index contributed by atoms with van der Waals surface area (Å²) < 4.78 is 32.0. The van der Waals surface area contributed by atoms with Crippen molar-refractivity contribution in [2.24, 2.45) is 0 Å². The average molecular weight is 461 g/mol. The van der Waals surface area contributed by atoms with E-state index in [0.717, 1.165) is 17.0 Å². The highest BCUT2D eigenvalue weighted by Gasteiger charge is 2.20. The highest BCUT2D eigenvalue weighted by atomic mass is 32.2. The molecule has 0 aliphatic carbocycles. The number of hydrogen-bond acceptors (Lipinski definition) is 5. The second-order valence-electron chi connectivity index (χ2n) is 7.15. The molecule has 0 fully saturated rings. The Morgan fingerprint density at radius 3 is 2.62 bits per heavy atom. The summed E-state index contributed by atoms with van der Waals surface area (Å²) in [5.74, 6) is 0.719. The number of halogens is 2. The van der Waals surface area contributed by atoms with Crippen LogP contribution in [0.2, 0.25) is 0 Å². The number of alkyl halides is 2. The van der Waals surface area contributed by atoms with Crippen LogP contribution in [0.1, 0.15) is 37.4 Å². The molecule has 0 radical (unpaired) electrons. The maximum Gasteiger partial charge on any atom is 0.387 e. The van der Waals surface area contributed by atoms with Gasteiger partial charge >= 0.3 is 6.61 Å². The zero-order valence-corrected chi connectivity index (χ0v) is 19.0. The van der Waals surface area contributed by atoms with Gasteiger partial charge in [0.2, 0.25) is 5.91 Å². The lowest BCUT2D eigenvalue weighted by Gasteiger charge is -2.20. The molecule has 1 aromatic heterocycles. The van der Waals surface area contributed by atoms with Gasteiger partial charge in [-0.15, -0.1) is 10.2 Å². The summed E-state index contributed by atoms with van der Waals surface area (Å²) in [5, 5.41) is 12.1. The molecule has 0 saturated carbocycles. The van der Waals surface area contributed by atoms with Crippen LogP contribution in [-0.2, 0) is 11.3 Å². The predicted molar refractivity (Wildman–Crippen MR) is 121 cm³/mol. The van der Waals surface area contributed by atoms with Crippen molar-refractivity contribution in [1.29, 1.82) is 0 Å². The summed E-state index contributed by atoms with van der Waals surface area (Å²) in [6, 6.07) is 14.1. The van der Waals surface area contributed by atoms with Gasteiger partial charge in [-0.05, 0) is 32.4 Å². The van der Waals surface area contributed by atoms with Crippen LogP contribution in [0.15, 0.2) is 53.7 Å². The lowest BCUT2D eigenvalue weighted by molar-refractivity contribution is -0.119. The van der Waals surface area contributed by atoms with Crippen molar-refractivity contribution in [3.63, 3.8) is 0 Å². The van der Waals surface area contributed by atoms with Crippen molar-refractivity contribution in [1.82, 2.24) is 20.1 Å². The third-order valence-electron chi connectivity index (χ3n) is 4.90. The molecule has 2 aromatic carbocycles. The number of nitrogens with one attached hydrogen (secondary N) is 1. The second kappa shape index (κ2) is 11.1. The van der Waals surface area contributed by atoms with Crippen molar-refractivity contribution in [2.75, 3.05) is 5.75 Å². The van der Waals surface area contributed by atoms with Crippen molar-refractivity contribution >= 4 is 17.7 Å². The molecule has 0 spiro atoms. The molecular weight excluding hydrogens is 434 g/mol. The van der Waals surface area contributed by atoms with Gasteiger partial charge in [-0.1, -0.05) is 60.6 Å². The molecular formula is C23H26F2N4O2S. The van der Waals surface area contributed by atoms with Crippen LogP contribution in [0.25, 0.3) is 11.4 Å². The maximum absolute atomic E-state index is 12.7. The van der Waals surface area contributed by atoms with Crippen LogP contribution in [0.3, 0.4) is 0 Å². The highest BCUT2D eigenvalue weighted by molar-refractivity contribution is 7.99. The van der Waals surface area contributed by atoms with Gasteiger partial charge in [0.05, 0.1) is 11.8 Å². The minimum absolute atomic E-state index is 0.0656. The fourth-order valence-electron chi connectivity index (χ4n) is 3.42. The molecule has 1 heterocycles. The monoisotopic (exact) mass is 460 g/mol. The first kappa shape index (κ1) is 23.7. The fourth-order valence-corrected chi connectivity index (χ4v) is 4.23. The number of amides is 1. The van der Waals surface area contributed by atoms with Crippen molar-refractivity contribution in [2.45, 2.75) is 51.5 Å². The summed E-state index contributed by atoms with van der Waals surface area (Å²) in [4.78, 5) is 12.6. The van der Waals surface area contributed by atoms with Gasteiger partial charge in [-0.25, -0.2) is 0 Å². The van der Waals surface area contributed by atoms with E-state index in [2.05, 4.69) is 20.3 Å². The van der Waals surface area contributed by atoms with E-state index < -0.39 is 12.7 Å². The Hall–Kier alpha value is -2.94. The fraction of sp³-hybridized carbons (Fsp3) is 0.348. The normalized spacial score (nSPS) is 12.1. The van der Waals surface area contributed by atoms with Crippen molar-refractivity contribution < 1.29 is 18.3 Å². The Morgan fingerprint density at radius 1 is 1.16 bits per heavy atom. The molecule has 9 heteroatoms. The molecule has 1 amide bonds. The van der Waals surface area contributed by atoms with E-state index >= 15 is 0 Å². The Balaban J connectivity index is 1.68. The van der Waals surface area contributed by atoms with Gasteiger partial charge in [0.25, 0.3) is 0 Å². The van der Waals surface area contributed by atoms with Crippen LogP contribution in [-0.4, -0.2) is 33.0 Å². The Bertz CT molecular complexity index is 1060. The first-order chi connectivity index (χ1) is 15.4. The largest absolute Gasteiger partial charge is 0.434 e. The number of carbonyl (C=O) groups is 1. The van der Waals surface area contributed by atoms with E-state index in [1.807, 2.05) is 49.6 Å². The molecule has 1 N–H and O–H groups in total. The second-order valence-corrected chi connectivity index (χ2v) is 8.10. The van der Waals surface area contributed by atoms with E-state index in [1.54, 1.807) is 18.2 Å². The quantitative estimate of drug-likeness (QED) is 0.420. The molecule has 0 aliphatic heterocycles. The van der Waals surface area contributed by atoms with Gasteiger partial charge in [-0.3, -0.25) is 4.79 Å². The molecule has 32 heavy (non-hydrogen) atoms. The third kappa shape index (κ3) is 5.85. The average Bonchev–Trinajstić information content (AvgIpc) is 3.19. The SMILES string of the molecule is CCC(NC(=O)CSc1nnc(-c2cccc(C)c2)n1CC)c1ccccc1OC(F)F. The first-order valence-corrected chi connectivity index (χ1v) is 11.4. The Kier molecular flexibility index (Phi) is 8.21. The number of ether oxygens (including phenoxy) is 1. The van der Waals surface area contributed by atoms with E-state index in [9.17, 15) is 13.6 Å². The lowest BCUT2D eigenvalue weighted by Crippen LogP contribution is -2.30. The van der Waals surface area contributed by atoms with E-state index in [0.29, 0.717) is 23.7 Å². The van der Waals surface area contributed by atoms with Crippen LogP contribution < -0.4 is 10.1 Å². The molecule has 170 valence electrons. The van der Waals surface area contributed by atoms with Gasteiger partial charge in [-0.2, -0.15) is 8.78 Å². The number of hydrogen-bond donors (Lipinski definition) is 1. The van der Waals surface area contributed by atoms with Crippen LogP contribution in [0.5, 0.6) is 5.75 Å². The number of carbonyl (C=O) groups excluding carboxylic acids is 1. The van der Waals surface area contributed by atoms with Crippen LogP contribution >= 0.6 is 11.8 Å². The number of para-hydroxylation sites is 1. The summed E-state index contributed by atoms with van der Waals surface area (Å²) >= 11 is 1.29. The zero-order chi connectivity index (χ0) is 23.1. The molecule has 3 rings (SSSR count). The Labute approximate surface area is 190 Å². The van der Waals surface area contributed by atoms with Crippen molar-refractivity contribution in [3.05, 3.63) is 59.7 Å². The number of benzene rings is 2. The minimum atomic E-state index is -2.93. The van der Waals surface area contributed by atoms with Gasteiger partial charge < -0.3 is 14.6 Å². The number of rotatable bonds is 10. The topological polar surface area (TPSA) is 69.0 Å². The number of thioether (sulfide) groups is 1. The van der Waals surface area contributed by atoms with E-state index in [1.165, 1.54) is 17.8 Å². The minimum Gasteiger partial charge on any atom is -0.434 e. The van der Waals surface area contributed by atoms with E-state index in [-0.39, 0.29) is 17.4 Å². The summed E-state index contributed by atoms with van der Waals surface area (Å²) in [6.07, 6.45) is 0.530. The third-order valence-corrected chi connectivity index (χ3v) is 5.86. The van der Waals surface area contributed by atoms with E-state index in [4.69, 9.17) is 0 Å². The first-order valence-electron chi connectivity index (χ1n) is 10.4. The molecule has 0 aliphatic rings. The lowest BCUT2D eigenvalue weighted by atomic mass is 10.0. The summed E-state index contributed by atoms with van der Waals surface area (Å²) in [6.45, 7) is 3.63. The van der Waals surface area contributed by atoms with Crippen molar-refractivity contribution in [3.8, 4) is 17.1 Å². The number of aryl methyl sites for hydroxylation is 1. The summed E-state index contributed by atoms with van der Waals surface area (Å²) in [5.41, 5.74) is 2.62. The predicted octanol–water partition coefficient (Wildman–Crippen LogP) is 5.23. The van der Waals surface area contributed by atoms with Crippen LogP contribution in [0.4, 0.5) is 8.78 Å². The smallest absolute Gasteiger partial charge is 0.387 e.